The molecule has 0 aliphatic rings. The molecule has 4 aromatic carbocycles. The third-order valence-electron chi connectivity index (χ3n) is 6.24. The van der Waals surface area contributed by atoms with Crippen molar-refractivity contribution >= 4 is 27.5 Å². The van der Waals surface area contributed by atoms with Gasteiger partial charge in [0.15, 0.2) is 0 Å². The Morgan fingerprint density at radius 1 is 0.950 bits per heavy atom. The lowest BCUT2D eigenvalue weighted by Crippen LogP contribution is -2.33. The van der Waals surface area contributed by atoms with Crippen LogP contribution in [-0.2, 0) is 19.8 Å². The summed E-state index contributed by atoms with van der Waals surface area (Å²) in [6, 6.07) is 28.2. The first kappa shape index (κ1) is 29.2. The summed E-state index contributed by atoms with van der Waals surface area (Å²) in [5, 5.41) is 31.9. The summed E-state index contributed by atoms with van der Waals surface area (Å²) in [6.45, 7) is 3.89. The van der Waals surface area contributed by atoms with Crippen molar-refractivity contribution in [1.29, 1.82) is 5.26 Å². The van der Waals surface area contributed by atoms with Gasteiger partial charge < -0.3 is 25.0 Å². The molecule has 0 amide bonds. The fraction of sp³-hybridized carbons (Fsp3) is 0.156. The van der Waals surface area contributed by atoms with Crippen LogP contribution in [0.15, 0.2) is 102 Å². The van der Waals surface area contributed by atoms with E-state index in [-0.39, 0.29) is 32.1 Å². The van der Waals surface area contributed by atoms with Gasteiger partial charge in [0.25, 0.3) is 0 Å². The largest absolute Gasteiger partial charge is 0.511 e. The van der Waals surface area contributed by atoms with Crippen LogP contribution in [0.4, 0.5) is 0 Å². The summed E-state index contributed by atoms with van der Waals surface area (Å²) in [5.74, 6) is 0.771. The predicted molar refractivity (Wildman–Crippen MR) is 160 cm³/mol. The highest BCUT2D eigenvalue weighted by molar-refractivity contribution is 9.10. The van der Waals surface area contributed by atoms with Crippen LogP contribution >= 0.6 is 27.5 Å². The quantitative estimate of drug-likeness (QED) is 0.144. The van der Waals surface area contributed by atoms with Crippen LogP contribution in [0.25, 0.3) is 11.1 Å². The molecule has 0 saturated heterocycles. The Morgan fingerprint density at radius 3 is 2.42 bits per heavy atom. The predicted octanol–water partition coefficient (Wildman–Crippen LogP) is 7.32. The number of nitrogens with one attached hydrogen (secondary N) is 1. The first-order valence-corrected chi connectivity index (χ1v) is 13.7. The van der Waals surface area contributed by atoms with E-state index in [1.165, 1.54) is 0 Å². The topological polar surface area (TPSA) is 94.7 Å². The fourth-order valence-corrected chi connectivity index (χ4v) is 4.91. The Labute approximate surface area is 247 Å². The van der Waals surface area contributed by atoms with E-state index in [1.807, 2.05) is 42.5 Å². The van der Waals surface area contributed by atoms with Gasteiger partial charge in [-0.2, -0.15) is 5.26 Å². The summed E-state index contributed by atoms with van der Waals surface area (Å²) in [5.41, 5.74) is 5.16. The second-order valence-electron chi connectivity index (χ2n) is 9.03. The van der Waals surface area contributed by atoms with Gasteiger partial charge in [-0.1, -0.05) is 78.8 Å². The Morgan fingerprint density at radius 2 is 1.70 bits per heavy atom. The van der Waals surface area contributed by atoms with Crippen molar-refractivity contribution in [3.05, 3.63) is 129 Å². The zero-order chi connectivity index (χ0) is 28.5. The smallest absolute Gasteiger partial charge is 0.142 e. The van der Waals surface area contributed by atoms with Gasteiger partial charge in [0, 0.05) is 28.2 Å². The summed E-state index contributed by atoms with van der Waals surface area (Å²) in [7, 11) is 0. The third kappa shape index (κ3) is 7.44. The van der Waals surface area contributed by atoms with Gasteiger partial charge in [0.1, 0.15) is 30.5 Å². The number of ether oxygens (including phenoxy) is 2. The third-order valence-corrected chi connectivity index (χ3v) is 7.47. The minimum Gasteiger partial charge on any atom is -0.511 e. The molecule has 3 N–H and O–H groups in total. The first-order chi connectivity index (χ1) is 19.4. The molecule has 4 rings (SSSR count). The number of aliphatic hydroxyl groups is 2. The minimum absolute atomic E-state index is 0.173. The number of nitrogens with zero attached hydrogens (tertiary/aromatic N) is 1. The molecular weight excluding hydrogens is 592 g/mol. The van der Waals surface area contributed by atoms with E-state index in [9.17, 15) is 15.5 Å². The van der Waals surface area contributed by atoms with Crippen molar-refractivity contribution in [2.75, 3.05) is 6.61 Å². The highest BCUT2D eigenvalue weighted by atomic mass is 79.9. The Bertz CT molecular complexity index is 1520. The summed E-state index contributed by atoms with van der Waals surface area (Å²) >= 11 is 10.4. The maximum absolute atomic E-state index is 9.73. The zero-order valence-electron chi connectivity index (χ0n) is 21.6. The molecule has 0 radical (unpaired) electrons. The van der Waals surface area contributed by atoms with Crippen molar-refractivity contribution in [1.82, 2.24) is 5.32 Å². The van der Waals surface area contributed by atoms with Crippen molar-refractivity contribution in [3.63, 3.8) is 0 Å². The van der Waals surface area contributed by atoms with Crippen LogP contribution in [0.5, 0.6) is 11.5 Å². The van der Waals surface area contributed by atoms with E-state index in [0.29, 0.717) is 27.6 Å². The maximum Gasteiger partial charge on any atom is 0.142 e. The van der Waals surface area contributed by atoms with Crippen molar-refractivity contribution in [3.8, 4) is 28.7 Å². The van der Waals surface area contributed by atoms with Gasteiger partial charge in [-0.3, -0.25) is 0 Å². The normalized spacial score (nSPS) is 11.4. The van der Waals surface area contributed by atoms with Crippen LogP contribution < -0.4 is 14.8 Å². The van der Waals surface area contributed by atoms with Crippen molar-refractivity contribution in [2.45, 2.75) is 25.8 Å². The van der Waals surface area contributed by atoms with E-state index >= 15 is 0 Å². The van der Waals surface area contributed by atoms with Gasteiger partial charge in [0.05, 0.1) is 29.3 Å². The molecule has 0 heterocycles. The highest BCUT2D eigenvalue weighted by Gasteiger charge is 2.16. The van der Waals surface area contributed by atoms with Gasteiger partial charge in [-0.05, 0) is 50.8 Å². The average Bonchev–Trinajstić information content (AvgIpc) is 2.97. The molecule has 0 aliphatic heterocycles. The van der Waals surface area contributed by atoms with Gasteiger partial charge in [-0.15, -0.1) is 0 Å². The SMILES string of the molecule is C=C(O)[C@H](CO)NCc1cc(Cl)c(OCc2cccc(-c3ccccc3)c2Br)cc1OCc1cccc(C#N)c1. The highest BCUT2D eigenvalue weighted by Crippen LogP contribution is 2.36. The monoisotopic (exact) mass is 618 g/mol. The number of rotatable bonds is 12. The van der Waals surface area contributed by atoms with Crippen molar-refractivity contribution in [2.24, 2.45) is 0 Å². The number of halogens is 2. The minimum atomic E-state index is -0.705. The molecule has 4 aromatic rings. The molecule has 0 saturated carbocycles. The van der Waals surface area contributed by atoms with E-state index in [2.05, 4.69) is 46.0 Å². The average molecular weight is 620 g/mol. The summed E-state index contributed by atoms with van der Waals surface area (Å²) in [4.78, 5) is 0. The van der Waals surface area contributed by atoms with E-state index in [1.54, 1.807) is 30.3 Å². The Balaban J connectivity index is 1.58. The molecule has 204 valence electrons. The second kappa shape index (κ2) is 14.0. The molecule has 0 aliphatic carbocycles. The molecular formula is C32H28BrClN2O4. The molecule has 6 nitrogen and oxygen atoms in total. The van der Waals surface area contributed by atoms with Crippen LogP contribution in [-0.4, -0.2) is 22.9 Å². The lowest BCUT2D eigenvalue weighted by Gasteiger charge is -2.19. The number of nitriles is 1. The Kier molecular flexibility index (Phi) is 10.2. The number of benzene rings is 4. The van der Waals surface area contributed by atoms with Gasteiger partial charge in [0.2, 0.25) is 0 Å². The van der Waals surface area contributed by atoms with Crippen LogP contribution in [0.3, 0.4) is 0 Å². The molecule has 0 bridgehead atoms. The van der Waals surface area contributed by atoms with Crippen LogP contribution in [0.2, 0.25) is 5.02 Å². The molecule has 0 fully saturated rings. The van der Waals surface area contributed by atoms with Gasteiger partial charge >= 0.3 is 0 Å². The van der Waals surface area contributed by atoms with Crippen LogP contribution in [0.1, 0.15) is 22.3 Å². The number of hydrogen-bond acceptors (Lipinski definition) is 6. The maximum atomic E-state index is 9.73. The van der Waals surface area contributed by atoms with E-state index < -0.39 is 6.04 Å². The van der Waals surface area contributed by atoms with Crippen LogP contribution in [0, 0.1) is 11.3 Å². The number of hydrogen-bond donors (Lipinski definition) is 3. The van der Waals surface area contributed by atoms with Gasteiger partial charge in [-0.25, -0.2) is 0 Å². The first-order valence-electron chi connectivity index (χ1n) is 12.5. The van der Waals surface area contributed by atoms with E-state index in [0.717, 1.165) is 26.7 Å². The standard InChI is InChI=1S/C32H28BrClN2O4/c1-21(38)29(18-37)36-17-26-14-28(34)31(15-30(26)39-19-23-8-5-7-22(13-23)16-35)40-20-25-11-6-12-27(32(25)33)24-9-3-2-4-10-24/h2-15,29,36-38H,1,17-20H2/t29-/m0/s1. The molecule has 0 spiro atoms. The number of aliphatic hydroxyl groups excluding tert-OH is 2. The summed E-state index contributed by atoms with van der Waals surface area (Å²) in [6.07, 6.45) is 0. The lowest BCUT2D eigenvalue weighted by molar-refractivity contribution is 0.220. The molecule has 40 heavy (non-hydrogen) atoms. The molecule has 8 heteroatoms. The zero-order valence-corrected chi connectivity index (χ0v) is 24.0. The molecule has 1 atom stereocenters. The molecule has 0 aromatic heterocycles. The summed E-state index contributed by atoms with van der Waals surface area (Å²) < 4.78 is 13.3. The Hall–Kier alpha value is -3.80. The molecule has 0 unspecified atom stereocenters. The second-order valence-corrected chi connectivity index (χ2v) is 10.2. The van der Waals surface area contributed by atoms with E-state index in [4.69, 9.17) is 21.1 Å². The van der Waals surface area contributed by atoms with Crippen molar-refractivity contribution < 1.29 is 19.7 Å². The fourth-order valence-electron chi connectivity index (χ4n) is 4.06. The lowest BCUT2D eigenvalue weighted by atomic mass is 10.0.